The first-order valence-electron chi connectivity index (χ1n) is 7.77. The van der Waals surface area contributed by atoms with Crippen molar-refractivity contribution in [3.05, 3.63) is 34.9 Å². The van der Waals surface area contributed by atoms with Gasteiger partial charge in [-0.3, -0.25) is 0 Å². The van der Waals surface area contributed by atoms with E-state index in [-0.39, 0.29) is 11.3 Å². The van der Waals surface area contributed by atoms with E-state index in [1.165, 1.54) is 42.4 Å². The molecular formula is C18H23NO. The van der Waals surface area contributed by atoms with E-state index in [1.54, 1.807) is 0 Å². The average Bonchev–Trinajstić information content (AvgIpc) is 2.41. The molecule has 0 saturated carbocycles. The van der Waals surface area contributed by atoms with Crippen LogP contribution in [0.25, 0.3) is 0 Å². The average molecular weight is 269 g/mol. The van der Waals surface area contributed by atoms with E-state index >= 15 is 0 Å². The van der Waals surface area contributed by atoms with Crippen LogP contribution in [0.2, 0.25) is 0 Å². The molecule has 1 saturated heterocycles. The fourth-order valence-electron chi connectivity index (χ4n) is 3.80. The van der Waals surface area contributed by atoms with Crippen LogP contribution < -0.4 is 0 Å². The van der Waals surface area contributed by atoms with Gasteiger partial charge in [0, 0.05) is 0 Å². The van der Waals surface area contributed by atoms with E-state index in [4.69, 9.17) is 4.74 Å². The molecule has 106 valence electrons. The highest BCUT2D eigenvalue weighted by molar-refractivity contribution is 5.40. The molecule has 0 amide bonds. The molecule has 0 N–H and O–H groups in total. The Morgan fingerprint density at radius 2 is 1.85 bits per heavy atom. The normalized spacial score (nSPS) is 21.7. The Bertz CT molecular complexity index is 537. The molecular weight excluding hydrogens is 246 g/mol. The molecule has 1 aromatic rings. The highest BCUT2D eigenvalue weighted by atomic mass is 16.5. The minimum Gasteiger partial charge on any atom is -0.379 e. The van der Waals surface area contributed by atoms with Gasteiger partial charge in [0.1, 0.15) is 0 Å². The molecule has 2 aliphatic rings. The quantitative estimate of drug-likeness (QED) is 0.839. The van der Waals surface area contributed by atoms with Gasteiger partial charge in [0.05, 0.1) is 30.6 Å². The molecule has 0 radical (unpaired) electrons. The molecule has 2 heteroatoms. The van der Waals surface area contributed by atoms with Crippen molar-refractivity contribution in [2.24, 2.45) is 11.8 Å². The third-order valence-electron chi connectivity index (χ3n) is 5.04. The summed E-state index contributed by atoms with van der Waals surface area (Å²) in [7, 11) is 0. The van der Waals surface area contributed by atoms with Gasteiger partial charge in [-0.25, -0.2) is 0 Å². The van der Waals surface area contributed by atoms with E-state index < -0.39 is 0 Å². The molecule has 0 bridgehead atoms. The molecule has 1 aromatic carbocycles. The number of nitriles is 1. The van der Waals surface area contributed by atoms with Gasteiger partial charge in [0.2, 0.25) is 0 Å². The highest BCUT2D eigenvalue weighted by Crippen LogP contribution is 2.43. The fourth-order valence-corrected chi connectivity index (χ4v) is 3.80. The van der Waals surface area contributed by atoms with Crippen molar-refractivity contribution in [3.8, 4) is 6.07 Å². The van der Waals surface area contributed by atoms with Gasteiger partial charge in [-0.1, -0.05) is 32.0 Å². The predicted octanol–water partition coefficient (Wildman–Crippen LogP) is 3.63. The number of hydrogen-bond donors (Lipinski definition) is 0. The number of aryl methyl sites for hydroxylation is 2. The second-order valence-corrected chi connectivity index (χ2v) is 6.69. The van der Waals surface area contributed by atoms with Crippen LogP contribution >= 0.6 is 0 Å². The molecule has 1 fully saturated rings. The van der Waals surface area contributed by atoms with Gasteiger partial charge in [-0.2, -0.15) is 5.26 Å². The lowest BCUT2D eigenvalue weighted by atomic mass is 9.64. The summed E-state index contributed by atoms with van der Waals surface area (Å²) < 4.78 is 5.52. The second kappa shape index (κ2) is 5.22. The molecule has 0 aromatic heterocycles. The molecule has 1 atom stereocenters. The number of rotatable bonds is 3. The summed E-state index contributed by atoms with van der Waals surface area (Å²) in [6.07, 6.45) is 5.02. The van der Waals surface area contributed by atoms with Crippen molar-refractivity contribution in [2.75, 3.05) is 13.2 Å². The third-order valence-corrected chi connectivity index (χ3v) is 5.04. The van der Waals surface area contributed by atoms with Gasteiger partial charge in [-0.05, 0) is 48.3 Å². The van der Waals surface area contributed by atoms with Gasteiger partial charge >= 0.3 is 0 Å². The lowest BCUT2D eigenvalue weighted by Crippen LogP contribution is -2.53. The maximum absolute atomic E-state index is 9.59. The number of fused-ring (bicyclic) bond motifs is 1. The predicted molar refractivity (Wildman–Crippen MR) is 79.5 cm³/mol. The summed E-state index contributed by atoms with van der Waals surface area (Å²) in [6.45, 7) is 5.68. The summed E-state index contributed by atoms with van der Waals surface area (Å²) in [6, 6.07) is 9.45. The van der Waals surface area contributed by atoms with Crippen molar-refractivity contribution in [1.29, 1.82) is 5.26 Å². The number of benzene rings is 1. The number of hydrogen-bond acceptors (Lipinski definition) is 2. The minimum atomic E-state index is -0.0740. The monoisotopic (exact) mass is 269 g/mol. The fraction of sp³-hybridized carbons (Fsp3) is 0.611. The highest BCUT2D eigenvalue weighted by Gasteiger charge is 2.48. The van der Waals surface area contributed by atoms with Crippen LogP contribution in [0.5, 0.6) is 0 Å². The maximum Gasteiger partial charge on any atom is 0.0669 e. The van der Waals surface area contributed by atoms with Gasteiger partial charge < -0.3 is 4.74 Å². The topological polar surface area (TPSA) is 33.0 Å². The first-order chi connectivity index (χ1) is 9.67. The van der Waals surface area contributed by atoms with Crippen molar-refractivity contribution >= 4 is 0 Å². The summed E-state index contributed by atoms with van der Waals surface area (Å²) in [5.74, 6) is 0.401. The van der Waals surface area contributed by atoms with E-state index in [2.05, 4.69) is 38.1 Å². The smallest absolute Gasteiger partial charge is 0.0669 e. The van der Waals surface area contributed by atoms with E-state index in [0.29, 0.717) is 19.1 Å². The van der Waals surface area contributed by atoms with Gasteiger partial charge in [0.15, 0.2) is 0 Å². The van der Waals surface area contributed by atoms with Gasteiger partial charge in [-0.15, -0.1) is 0 Å². The zero-order valence-corrected chi connectivity index (χ0v) is 12.5. The second-order valence-electron chi connectivity index (χ2n) is 6.69. The van der Waals surface area contributed by atoms with E-state index in [0.717, 1.165) is 0 Å². The lowest BCUT2D eigenvalue weighted by Gasteiger charge is -2.46. The van der Waals surface area contributed by atoms with Crippen LogP contribution in [-0.2, 0) is 23.0 Å². The molecule has 0 spiro atoms. The minimum absolute atomic E-state index is 0.0397. The molecule has 1 unspecified atom stereocenters. The van der Waals surface area contributed by atoms with Crippen LogP contribution in [0.4, 0.5) is 0 Å². The van der Waals surface area contributed by atoms with Crippen LogP contribution in [0.1, 0.15) is 43.4 Å². The van der Waals surface area contributed by atoms with Crippen molar-refractivity contribution in [2.45, 2.75) is 44.9 Å². The summed E-state index contributed by atoms with van der Waals surface area (Å²) in [5, 5.41) is 9.59. The van der Waals surface area contributed by atoms with Gasteiger partial charge in [0.25, 0.3) is 0 Å². The maximum atomic E-state index is 9.59. The molecule has 20 heavy (non-hydrogen) atoms. The number of nitrogens with zero attached hydrogens (tertiary/aromatic N) is 1. The molecule has 2 nitrogen and oxygen atoms in total. The Labute approximate surface area is 121 Å². The van der Waals surface area contributed by atoms with Crippen molar-refractivity contribution in [3.63, 3.8) is 0 Å². The first-order valence-corrected chi connectivity index (χ1v) is 7.77. The van der Waals surface area contributed by atoms with E-state index in [9.17, 15) is 5.26 Å². The molecule has 1 heterocycles. The van der Waals surface area contributed by atoms with Crippen LogP contribution in [0.3, 0.4) is 0 Å². The zero-order chi connectivity index (χ0) is 14.2. The number of ether oxygens (including phenoxy) is 1. The standard InChI is InChI=1S/C18H23NO/c1-13(2)17(10-19)18(11-20-12-18)16-8-7-14-5-3-4-6-15(14)9-16/h7-9,13,17H,3-6,11-12H2,1-2H3. The van der Waals surface area contributed by atoms with Crippen LogP contribution in [0, 0.1) is 23.2 Å². The van der Waals surface area contributed by atoms with Crippen LogP contribution in [-0.4, -0.2) is 13.2 Å². The SMILES string of the molecule is CC(C)C(C#N)C1(c2ccc3c(c2)CCCC3)COC1. The summed E-state index contributed by atoms with van der Waals surface area (Å²) >= 11 is 0. The first kappa shape index (κ1) is 13.6. The summed E-state index contributed by atoms with van der Waals surface area (Å²) in [4.78, 5) is 0. The van der Waals surface area contributed by atoms with Crippen molar-refractivity contribution in [1.82, 2.24) is 0 Å². The Hall–Kier alpha value is -1.33. The van der Waals surface area contributed by atoms with Crippen molar-refractivity contribution < 1.29 is 4.74 Å². The Kier molecular flexibility index (Phi) is 3.56. The Morgan fingerprint density at radius 3 is 2.40 bits per heavy atom. The third kappa shape index (κ3) is 2.05. The largest absolute Gasteiger partial charge is 0.379 e. The molecule has 1 aliphatic carbocycles. The lowest BCUT2D eigenvalue weighted by molar-refractivity contribution is -0.0877. The zero-order valence-electron chi connectivity index (χ0n) is 12.5. The Balaban J connectivity index is 1.99. The molecule has 3 rings (SSSR count). The Morgan fingerprint density at radius 1 is 1.15 bits per heavy atom. The van der Waals surface area contributed by atoms with Crippen LogP contribution in [0.15, 0.2) is 18.2 Å². The summed E-state index contributed by atoms with van der Waals surface area (Å²) in [5.41, 5.74) is 4.26. The van der Waals surface area contributed by atoms with E-state index in [1.807, 2.05) is 0 Å². The molecule has 1 aliphatic heterocycles.